The van der Waals surface area contributed by atoms with Crippen molar-refractivity contribution in [1.29, 1.82) is 0 Å². The molecule has 0 radical (unpaired) electrons. The number of carboxylic acids is 1. The topological polar surface area (TPSA) is 98.3 Å². The van der Waals surface area contributed by atoms with Gasteiger partial charge >= 0.3 is 5.97 Å². The zero-order valence-electron chi connectivity index (χ0n) is 9.41. The Morgan fingerprint density at radius 2 is 2.06 bits per heavy atom. The lowest BCUT2D eigenvalue weighted by atomic mass is 10.3. The normalized spacial score (nSPS) is 10.1. The Balaban J connectivity index is 2.10. The molecule has 2 aromatic heterocycles. The first-order valence-corrected chi connectivity index (χ1v) is 5.21. The Labute approximate surface area is 103 Å². The molecule has 2 rings (SSSR count). The highest BCUT2D eigenvalue weighted by Gasteiger charge is 2.04. The number of ether oxygens (including phenoxy) is 1. The predicted octanol–water partition coefficient (Wildman–Crippen LogP) is 1.43. The standard InChI is InChI=1S/C12H11N3O3/c13-5-9-2-3-10(7-14-9)18-11-4-1-8(6-15-11)12(16)17/h1-4,6-7H,5,13H2,(H,16,17). The molecule has 6 nitrogen and oxygen atoms in total. The molecule has 0 saturated carbocycles. The largest absolute Gasteiger partial charge is 0.478 e. The average Bonchev–Trinajstić information content (AvgIpc) is 2.40. The summed E-state index contributed by atoms with van der Waals surface area (Å²) in [4.78, 5) is 18.6. The Kier molecular flexibility index (Phi) is 3.49. The summed E-state index contributed by atoms with van der Waals surface area (Å²) in [6.07, 6.45) is 2.77. The van der Waals surface area contributed by atoms with Gasteiger partial charge in [0.25, 0.3) is 0 Å². The van der Waals surface area contributed by atoms with E-state index < -0.39 is 5.97 Å². The molecule has 2 heterocycles. The zero-order valence-corrected chi connectivity index (χ0v) is 9.41. The fourth-order valence-electron chi connectivity index (χ4n) is 1.28. The highest BCUT2D eigenvalue weighted by atomic mass is 16.5. The third kappa shape index (κ3) is 2.80. The van der Waals surface area contributed by atoms with Crippen molar-refractivity contribution in [2.24, 2.45) is 5.73 Å². The molecule has 0 aliphatic carbocycles. The summed E-state index contributed by atoms with van der Waals surface area (Å²) in [6.45, 7) is 0.367. The minimum atomic E-state index is -1.02. The number of carbonyl (C=O) groups is 1. The number of pyridine rings is 2. The van der Waals surface area contributed by atoms with E-state index in [1.54, 1.807) is 12.1 Å². The molecule has 0 amide bonds. The molecule has 0 bridgehead atoms. The third-order valence-electron chi connectivity index (χ3n) is 2.21. The van der Waals surface area contributed by atoms with Crippen LogP contribution in [0.15, 0.2) is 36.7 Å². The first-order valence-electron chi connectivity index (χ1n) is 5.21. The van der Waals surface area contributed by atoms with Crippen LogP contribution in [0, 0.1) is 0 Å². The summed E-state index contributed by atoms with van der Waals surface area (Å²) in [5.74, 6) is -0.201. The van der Waals surface area contributed by atoms with E-state index in [-0.39, 0.29) is 5.56 Å². The van der Waals surface area contributed by atoms with Crippen molar-refractivity contribution >= 4 is 5.97 Å². The van der Waals surface area contributed by atoms with E-state index in [1.807, 2.05) is 0 Å². The number of nitrogens with zero attached hydrogens (tertiary/aromatic N) is 2. The zero-order chi connectivity index (χ0) is 13.0. The summed E-state index contributed by atoms with van der Waals surface area (Å²) in [5.41, 5.74) is 6.30. The van der Waals surface area contributed by atoms with Crippen LogP contribution in [0.4, 0.5) is 0 Å². The highest BCUT2D eigenvalue weighted by molar-refractivity contribution is 5.87. The molecule has 0 aliphatic heterocycles. The predicted molar refractivity (Wildman–Crippen MR) is 63.4 cm³/mol. The van der Waals surface area contributed by atoms with E-state index in [1.165, 1.54) is 24.5 Å². The summed E-state index contributed by atoms with van der Waals surface area (Å²) >= 11 is 0. The van der Waals surface area contributed by atoms with Crippen molar-refractivity contribution in [1.82, 2.24) is 9.97 Å². The summed E-state index contributed by atoms with van der Waals surface area (Å²) in [7, 11) is 0. The van der Waals surface area contributed by atoms with Gasteiger partial charge in [-0.05, 0) is 18.2 Å². The SMILES string of the molecule is NCc1ccc(Oc2ccc(C(=O)O)cn2)cn1. The summed E-state index contributed by atoms with van der Waals surface area (Å²) < 4.78 is 5.41. The maximum Gasteiger partial charge on any atom is 0.337 e. The van der Waals surface area contributed by atoms with Crippen molar-refractivity contribution in [3.63, 3.8) is 0 Å². The molecule has 0 spiro atoms. The third-order valence-corrected chi connectivity index (χ3v) is 2.21. The Hall–Kier alpha value is -2.47. The monoisotopic (exact) mass is 245 g/mol. The van der Waals surface area contributed by atoms with E-state index in [9.17, 15) is 4.79 Å². The molecular weight excluding hydrogens is 234 g/mol. The fraction of sp³-hybridized carbons (Fsp3) is 0.0833. The van der Waals surface area contributed by atoms with Gasteiger partial charge in [-0.3, -0.25) is 4.98 Å². The number of nitrogens with two attached hydrogens (primary N) is 1. The second-order valence-corrected chi connectivity index (χ2v) is 3.48. The molecule has 0 aromatic carbocycles. The Morgan fingerprint density at radius 1 is 1.22 bits per heavy atom. The molecule has 0 saturated heterocycles. The molecule has 6 heteroatoms. The van der Waals surface area contributed by atoms with Crippen molar-refractivity contribution in [2.75, 3.05) is 0 Å². The van der Waals surface area contributed by atoms with E-state index in [4.69, 9.17) is 15.6 Å². The molecule has 0 aliphatic rings. The van der Waals surface area contributed by atoms with Gasteiger partial charge in [0, 0.05) is 18.8 Å². The van der Waals surface area contributed by atoms with Gasteiger partial charge in [0.15, 0.2) is 0 Å². The molecular formula is C12H11N3O3. The van der Waals surface area contributed by atoms with Crippen LogP contribution in [-0.2, 0) is 6.54 Å². The second kappa shape index (κ2) is 5.24. The van der Waals surface area contributed by atoms with Gasteiger partial charge < -0.3 is 15.6 Å². The molecule has 0 fully saturated rings. The molecule has 3 N–H and O–H groups in total. The van der Waals surface area contributed by atoms with Gasteiger partial charge in [0.05, 0.1) is 17.5 Å². The maximum atomic E-state index is 10.6. The quantitative estimate of drug-likeness (QED) is 0.845. The van der Waals surface area contributed by atoms with Crippen molar-refractivity contribution in [3.8, 4) is 11.6 Å². The lowest BCUT2D eigenvalue weighted by Gasteiger charge is -2.04. The summed E-state index contributed by atoms with van der Waals surface area (Å²) in [5, 5.41) is 8.72. The number of aromatic nitrogens is 2. The lowest BCUT2D eigenvalue weighted by Crippen LogP contribution is -1.99. The smallest absolute Gasteiger partial charge is 0.337 e. The van der Waals surface area contributed by atoms with E-state index >= 15 is 0 Å². The van der Waals surface area contributed by atoms with Gasteiger partial charge in [-0.2, -0.15) is 0 Å². The van der Waals surface area contributed by atoms with Crippen molar-refractivity contribution < 1.29 is 14.6 Å². The van der Waals surface area contributed by atoms with Crippen molar-refractivity contribution in [3.05, 3.63) is 47.9 Å². The van der Waals surface area contributed by atoms with Crippen LogP contribution in [-0.4, -0.2) is 21.0 Å². The Bertz CT molecular complexity index is 537. The maximum absolute atomic E-state index is 10.6. The van der Waals surface area contributed by atoms with Crippen LogP contribution < -0.4 is 10.5 Å². The van der Waals surface area contributed by atoms with Gasteiger partial charge in [0.1, 0.15) is 5.75 Å². The Morgan fingerprint density at radius 3 is 2.56 bits per heavy atom. The first kappa shape index (κ1) is 12.0. The van der Waals surface area contributed by atoms with Gasteiger partial charge in [-0.15, -0.1) is 0 Å². The lowest BCUT2D eigenvalue weighted by molar-refractivity contribution is 0.0696. The van der Waals surface area contributed by atoms with Gasteiger partial charge in [0.2, 0.25) is 5.88 Å². The molecule has 18 heavy (non-hydrogen) atoms. The van der Waals surface area contributed by atoms with E-state index in [0.29, 0.717) is 18.2 Å². The van der Waals surface area contributed by atoms with Crippen LogP contribution >= 0.6 is 0 Å². The number of hydrogen-bond acceptors (Lipinski definition) is 5. The molecule has 0 atom stereocenters. The van der Waals surface area contributed by atoms with Gasteiger partial charge in [-0.1, -0.05) is 0 Å². The number of carboxylic acid groups (broad SMARTS) is 1. The molecule has 2 aromatic rings. The van der Waals surface area contributed by atoms with Crippen molar-refractivity contribution in [2.45, 2.75) is 6.54 Å². The van der Waals surface area contributed by atoms with Crippen LogP contribution in [0.3, 0.4) is 0 Å². The van der Waals surface area contributed by atoms with E-state index in [2.05, 4.69) is 9.97 Å². The number of aromatic carboxylic acids is 1. The number of hydrogen-bond donors (Lipinski definition) is 2. The fourth-order valence-corrected chi connectivity index (χ4v) is 1.28. The van der Waals surface area contributed by atoms with Gasteiger partial charge in [-0.25, -0.2) is 9.78 Å². The highest BCUT2D eigenvalue weighted by Crippen LogP contribution is 2.18. The van der Waals surface area contributed by atoms with Crippen LogP contribution in [0.25, 0.3) is 0 Å². The summed E-state index contributed by atoms with van der Waals surface area (Å²) in [6, 6.07) is 6.38. The van der Waals surface area contributed by atoms with E-state index in [0.717, 1.165) is 5.69 Å². The minimum absolute atomic E-state index is 0.110. The molecule has 92 valence electrons. The average molecular weight is 245 g/mol. The van der Waals surface area contributed by atoms with Crippen LogP contribution in [0.2, 0.25) is 0 Å². The first-order chi connectivity index (χ1) is 8.69. The number of rotatable bonds is 4. The van der Waals surface area contributed by atoms with Crippen LogP contribution in [0.1, 0.15) is 16.1 Å². The second-order valence-electron chi connectivity index (χ2n) is 3.48. The van der Waals surface area contributed by atoms with Crippen LogP contribution in [0.5, 0.6) is 11.6 Å². The minimum Gasteiger partial charge on any atom is -0.478 e. The molecule has 0 unspecified atom stereocenters.